The monoisotopic (exact) mass is 361 g/mol. The molecule has 3 rings (SSSR count). The van der Waals surface area contributed by atoms with E-state index in [4.69, 9.17) is 4.52 Å². The van der Waals surface area contributed by atoms with Crippen LogP contribution in [0.15, 0.2) is 44.9 Å². The van der Waals surface area contributed by atoms with Crippen molar-refractivity contribution in [2.75, 3.05) is 30.2 Å². The number of rotatable bonds is 5. The maximum atomic E-state index is 12.3. The number of hydrogen-bond acceptors (Lipinski definition) is 7. The molecule has 2 heterocycles. The first-order valence-corrected chi connectivity index (χ1v) is 8.39. The van der Waals surface area contributed by atoms with Crippen LogP contribution in [0.2, 0.25) is 0 Å². The highest BCUT2D eigenvalue weighted by Crippen LogP contribution is 2.17. The Bertz CT molecular complexity index is 981. The predicted molar refractivity (Wildman–Crippen MR) is 93.1 cm³/mol. The first kappa shape index (κ1) is 17.0. The summed E-state index contributed by atoms with van der Waals surface area (Å²) in [5.41, 5.74) is 0.464. The molecule has 9 nitrogen and oxygen atoms in total. The molecule has 0 unspecified atom stereocenters. The van der Waals surface area contributed by atoms with Gasteiger partial charge < -0.3 is 0 Å². The number of nitrogens with one attached hydrogen (secondary N) is 1. The second-order valence-corrected chi connectivity index (χ2v) is 6.39. The standard InChI is InChI=1S/C15H16N6O3S/c1-19(2)21-8-13(24-18-21)17-12(22)9-25-15-16-11-7-5-4-6-10(11)14(23)20(15)3/h4-8H,9H2,1-3H3/p+1. The largest absolute Gasteiger partial charge is 0.305 e. The lowest BCUT2D eigenvalue weighted by Crippen LogP contribution is -2.53. The van der Waals surface area contributed by atoms with E-state index in [0.29, 0.717) is 16.1 Å². The van der Waals surface area contributed by atoms with Gasteiger partial charge in [0.05, 0.1) is 35.5 Å². The van der Waals surface area contributed by atoms with Gasteiger partial charge in [-0.2, -0.15) is 5.01 Å². The zero-order chi connectivity index (χ0) is 18.0. The lowest BCUT2D eigenvalue weighted by atomic mass is 10.2. The minimum atomic E-state index is -0.283. The Morgan fingerprint density at radius 1 is 1.40 bits per heavy atom. The van der Waals surface area contributed by atoms with E-state index in [-0.39, 0.29) is 23.1 Å². The Labute approximate surface area is 147 Å². The van der Waals surface area contributed by atoms with E-state index in [2.05, 4.69) is 15.6 Å². The molecule has 2 aromatic heterocycles. The minimum Gasteiger partial charge on any atom is -0.290 e. The van der Waals surface area contributed by atoms with Crippen LogP contribution < -0.4 is 20.7 Å². The SMILES string of the molecule is CN(C)[n+]1cc(NC(=O)CSc2nc3ccccc3c(=O)n2C)on1. The van der Waals surface area contributed by atoms with Crippen molar-refractivity contribution in [3.63, 3.8) is 0 Å². The first-order chi connectivity index (χ1) is 12.0. The summed E-state index contributed by atoms with van der Waals surface area (Å²) in [6.07, 6.45) is 1.55. The highest BCUT2D eigenvalue weighted by Gasteiger charge is 2.16. The summed E-state index contributed by atoms with van der Waals surface area (Å²) in [7, 11) is 5.21. The van der Waals surface area contributed by atoms with Crippen molar-refractivity contribution in [3.8, 4) is 0 Å². The fourth-order valence-corrected chi connectivity index (χ4v) is 2.88. The molecule has 0 aliphatic rings. The van der Waals surface area contributed by atoms with E-state index >= 15 is 0 Å². The van der Waals surface area contributed by atoms with Gasteiger partial charge in [0, 0.05) is 7.05 Å². The van der Waals surface area contributed by atoms with Crippen molar-refractivity contribution in [1.82, 2.24) is 14.8 Å². The van der Waals surface area contributed by atoms with Gasteiger partial charge in [0.15, 0.2) is 5.16 Å². The predicted octanol–water partition coefficient (Wildman–Crippen LogP) is 0.137. The quantitative estimate of drug-likeness (QED) is 0.392. The molecule has 0 saturated carbocycles. The van der Waals surface area contributed by atoms with E-state index in [0.717, 1.165) is 0 Å². The highest BCUT2D eigenvalue weighted by atomic mass is 32.2. The number of aromatic nitrogens is 4. The van der Waals surface area contributed by atoms with Gasteiger partial charge in [0.25, 0.3) is 11.8 Å². The third-order valence-corrected chi connectivity index (χ3v) is 4.43. The maximum Gasteiger partial charge on any atom is 0.305 e. The third kappa shape index (κ3) is 3.63. The molecule has 3 aromatic rings. The maximum absolute atomic E-state index is 12.3. The Morgan fingerprint density at radius 2 is 2.16 bits per heavy atom. The second-order valence-electron chi connectivity index (χ2n) is 5.45. The summed E-state index contributed by atoms with van der Waals surface area (Å²) in [5.74, 6) is 0.0375. The topological polar surface area (TPSA) is 97.1 Å². The molecule has 1 amide bonds. The van der Waals surface area contributed by atoms with Crippen LogP contribution in [0.5, 0.6) is 0 Å². The van der Waals surface area contributed by atoms with Gasteiger partial charge in [-0.15, -0.1) is 0 Å². The fraction of sp³-hybridized carbons (Fsp3) is 0.267. The van der Waals surface area contributed by atoms with Crippen molar-refractivity contribution in [2.24, 2.45) is 7.05 Å². The van der Waals surface area contributed by atoms with E-state index in [9.17, 15) is 9.59 Å². The molecule has 10 heteroatoms. The van der Waals surface area contributed by atoms with Gasteiger partial charge in [-0.25, -0.2) is 4.98 Å². The van der Waals surface area contributed by atoms with Crippen LogP contribution in [0.3, 0.4) is 0 Å². The number of carbonyl (C=O) groups excluding carboxylic acids is 1. The molecule has 0 atom stereocenters. The molecule has 0 bridgehead atoms. The Kier molecular flexibility index (Phi) is 4.70. The molecule has 0 spiro atoms. The number of anilines is 1. The lowest BCUT2D eigenvalue weighted by molar-refractivity contribution is -0.753. The van der Waals surface area contributed by atoms with Crippen LogP contribution in [-0.2, 0) is 11.8 Å². The molecular formula is C15H17N6O3S+. The Balaban J connectivity index is 1.70. The number of thioether (sulfide) groups is 1. The van der Waals surface area contributed by atoms with Crippen LogP contribution in [0, 0.1) is 0 Å². The molecule has 0 aliphatic heterocycles. The number of hydrogen-bond donors (Lipinski definition) is 1. The number of amides is 1. The summed E-state index contributed by atoms with van der Waals surface area (Å²) in [4.78, 5) is 30.3. The normalized spacial score (nSPS) is 10.8. The number of para-hydroxylation sites is 1. The van der Waals surface area contributed by atoms with E-state index < -0.39 is 0 Å². The van der Waals surface area contributed by atoms with Crippen molar-refractivity contribution in [3.05, 3.63) is 40.8 Å². The van der Waals surface area contributed by atoms with Crippen molar-refractivity contribution < 1.29 is 14.1 Å². The smallest absolute Gasteiger partial charge is 0.290 e. The summed E-state index contributed by atoms with van der Waals surface area (Å²) in [5, 5.41) is 9.05. The molecule has 1 N–H and O–H groups in total. The molecule has 0 saturated heterocycles. The molecule has 0 fully saturated rings. The minimum absolute atomic E-state index is 0.0846. The van der Waals surface area contributed by atoms with Crippen molar-refractivity contribution >= 4 is 34.5 Å². The average Bonchev–Trinajstić information content (AvgIpc) is 3.05. The van der Waals surface area contributed by atoms with Gasteiger partial charge in [0.1, 0.15) is 0 Å². The van der Waals surface area contributed by atoms with Gasteiger partial charge in [-0.1, -0.05) is 23.9 Å². The molecule has 0 radical (unpaired) electrons. The average molecular weight is 361 g/mol. The van der Waals surface area contributed by atoms with Gasteiger partial charge in [0.2, 0.25) is 11.2 Å². The van der Waals surface area contributed by atoms with Crippen LogP contribution in [0.25, 0.3) is 10.9 Å². The zero-order valence-corrected chi connectivity index (χ0v) is 14.8. The fourth-order valence-electron chi connectivity index (χ4n) is 2.11. The number of benzene rings is 1. The Hall–Kier alpha value is -2.88. The lowest BCUT2D eigenvalue weighted by Gasteiger charge is -2.08. The van der Waals surface area contributed by atoms with Gasteiger partial charge >= 0.3 is 5.88 Å². The molecule has 1 aromatic carbocycles. The van der Waals surface area contributed by atoms with Crippen LogP contribution >= 0.6 is 11.8 Å². The van der Waals surface area contributed by atoms with E-state index in [1.807, 2.05) is 6.07 Å². The van der Waals surface area contributed by atoms with Crippen LogP contribution in [0.1, 0.15) is 0 Å². The van der Waals surface area contributed by atoms with Crippen LogP contribution in [-0.4, -0.2) is 40.6 Å². The van der Waals surface area contributed by atoms with Crippen LogP contribution in [0.4, 0.5) is 5.88 Å². The summed E-state index contributed by atoms with van der Waals surface area (Å²) >= 11 is 1.18. The zero-order valence-electron chi connectivity index (χ0n) is 14.0. The summed E-state index contributed by atoms with van der Waals surface area (Å²) in [6.45, 7) is 0. The second kappa shape index (κ2) is 6.93. The molecule has 0 aliphatic carbocycles. The van der Waals surface area contributed by atoms with Gasteiger partial charge in [-0.3, -0.25) is 24.0 Å². The van der Waals surface area contributed by atoms with Gasteiger partial charge in [-0.05, 0) is 12.1 Å². The molecule has 130 valence electrons. The first-order valence-electron chi connectivity index (χ1n) is 7.40. The third-order valence-electron chi connectivity index (χ3n) is 3.40. The highest BCUT2D eigenvalue weighted by molar-refractivity contribution is 7.99. The molecular weight excluding hydrogens is 344 g/mol. The number of nitrogens with zero attached hydrogens (tertiary/aromatic N) is 5. The number of carbonyl (C=O) groups is 1. The number of fused-ring (bicyclic) bond motifs is 1. The summed E-state index contributed by atoms with van der Waals surface area (Å²) in [6, 6.07) is 7.12. The summed E-state index contributed by atoms with van der Waals surface area (Å²) < 4.78 is 6.45. The van der Waals surface area contributed by atoms with Crippen molar-refractivity contribution in [2.45, 2.75) is 5.16 Å². The molecule has 25 heavy (non-hydrogen) atoms. The van der Waals surface area contributed by atoms with Crippen molar-refractivity contribution in [1.29, 1.82) is 0 Å². The van der Waals surface area contributed by atoms with E-state index in [1.54, 1.807) is 50.5 Å². The Morgan fingerprint density at radius 3 is 2.88 bits per heavy atom. The van der Waals surface area contributed by atoms with E-state index in [1.165, 1.54) is 21.1 Å².